The van der Waals surface area contributed by atoms with E-state index in [1.54, 1.807) is 12.3 Å². The lowest BCUT2D eigenvalue weighted by atomic mass is 10.2. The Kier molecular flexibility index (Phi) is 4.94. The summed E-state index contributed by atoms with van der Waals surface area (Å²) in [5, 5.41) is 0. The Balaban J connectivity index is 2.33. The molecule has 2 rings (SSSR count). The van der Waals surface area contributed by atoms with Gasteiger partial charge < -0.3 is 4.74 Å². The van der Waals surface area contributed by atoms with Crippen molar-refractivity contribution < 1.29 is 9.13 Å². The van der Waals surface area contributed by atoms with Gasteiger partial charge in [0, 0.05) is 16.5 Å². The van der Waals surface area contributed by atoms with Crippen molar-refractivity contribution in [3.05, 3.63) is 46.2 Å². The van der Waals surface area contributed by atoms with Crippen LogP contribution in [-0.2, 0) is 5.88 Å². The van der Waals surface area contributed by atoms with Crippen molar-refractivity contribution in [2.24, 2.45) is 0 Å². The zero-order valence-electron chi connectivity index (χ0n) is 11.0. The second-order valence-electron chi connectivity index (χ2n) is 4.53. The van der Waals surface area contributed by atoms with Crippen molar-refractivity contribution in [3.63, 3.8) is 0 Å². The fourth-order valence-electron chi connectivity index (χ4n) is 1.60. The number of aromatic nitrogens is 2. The Labute approximate surface area is 130 Å². The van der Waals surface area contributed by atoms with Crippen molar-refractivity contribution in [1.82, 2.24) is 9.97 Å². The molecule has 0 aliphatic carbocycles. The Bertz CT molecular complexity index is 602. The first kappa shape index (κ1) is 15.2. The summed E-state index contributed by atoms with van der Waals surface area (Å²) in [4.78, 5) is 8.59. The van der Waals surface area contributed by atoms with Crippen LogP contribution in [0.5, 0.6) is 11.5 Å². The van der Waals surface area contributed by atoms with Gasteiger partial charge in [0.2, 0.25) is 0 Å². The number of hydrogen-bond acceptors (Lipinski definition) is 3. The lowest BCUT2D eigenvalue weighted by Crippen LogP contribution is -2.02. The van der Waals surface area contributed by atoms with Crippen LogP contribution < -0.4 is 4.74 Å². The molecule has 0 aliphatic heterocycles. The minimum atomic E-state index is -0.387. The van der Waals surface area contributed by atoms with Crippen LogP contribution in [0, 0.1) is 5.82 Å². The van der Waals surface area contributed by atoms with E-state index >= 15 is 0 Å². The van der Waals surface area contributed by atoms with Gasteiger partial charge in [-0.1, -0.05) is 29.8 Å². The van der Waals surface area contributed by atoms with E-state index in [0.717, 1.165) is 0 Å². The lowest BCUT2D eigenvalue weighted by molar-refractivity contribution is 0.464. The molecular formula is C14H13BrClFN2O. The monoisotopic (exact) mass is 358 g/mol. The summed E-state index contributed by atoms with van der Waals surface area (Å²) in [6, 6.07) is 4.31. The Morgan fingerprint density at radius 1 is 1.35 bits per heavy atom. The summed E-state index contributed by atoms with van der Waals surface area (Å²) in [5.74, 6) is 1.52. The third kappa shape index (κ3) is 3.67. The number of benzene rings is 1. The van der Waals surface area contributed by atoms with E-state index in [1.165, 1.54) is 12.1 Å². The fraction of sp³-hybridized carbons (Fsp3) is 0.286. The molecule has 0 bridgehead atoms. The van der Waals surface area contributed by atoms with Gasteiger partial charge in [-0.25, -0.2) is 14.4 Å². The molecule has 1 aromatic carbocycles. The predicted octanol–water partition coefficient (Wildman–Crippen LogP) is 5.03. The summed E-state index contributed by atoms with van der Waals surface area (Å²) >= 11 is 9.10. The first-order valence-corrected chi connectivity index (χ1v) is 7.38. The maximum absolute atomic E-state index is 13.3. The second kappa shape index (κ2) is 6.50. The van der Waals surface area contributed by atoms with E-state index in [2.05, 4.69) is 25.9 Å². The van der Waals surface area contributed by atoms with Crippen LogP contribution >= 0.6 is 27.5 Å². The lowest BCUT2D eigenvalue weighted by Gasteiger charge is -2.11. The van der Waals surface area contributed by atoms with Crippen LogP contribution in [0.25, 0.3) is 0 Å². The molecular weight excluding hydrogens is 347 g/mol. The average molecular weight is 360 g/mol. The molecule has 0 amide bonds. The first-order valence-electron chi connectivity index (χ1n) is 6.05. The average Bonchev–Trinajstić information content (AvgIpc) is 2.37. The van der Waals surface area contributed by atoms with Gasteiger partial charge in [-0.05, 0) is 12.1 Å². The van der Waals surface area contributed by atoms with Crippen LogP contribution in [0.1, 0.15) is 31.3 Å². The number of nitrogens with zero attached hydrogens (tertiary/aromatic N) is 2. The van der Waals surface area contributed by atoms with E-state index < -0.39 is 0 Å². The molecule has 0 spiro atoms. The molecule has 0 radical (unpaired) electrons. The van der Waals surface area contributed by atoms with Crippen LogP contribution in [0.3, 0.4) is 0 Å². The summed E-state index contributed by atoms with van der Waals surface area (Å²) < 4.78 is 19.5. The third-order valence-electron chi connectivity index (χ3n) is 2.55. The van der Waals surface area contributed by atoms with E-state index in [1.807, 2.05) is 13.8 Å². The molecule has 0 aliphatic rings. The highest BCUT2D eigenvalue weighted by Crippen LogP contribution is 2.28. The van der Waals surface area contributed by atoms with Crippen molar-refractivity contribution >= 4 is 27.5 Å². The van der Waals surface area contributed by atoms with Crippen molar-refractivity contribution in [2.45, 2.75) is 25.6 Å². The molecule has 0 atom stereocenters. The zero-order chi connectivity index (χ0) is 14.7. The molecule has 20 heavy (non-hydrogen) atoms. The molecule has 3 nitrogen and oxygen atoms in total. The van der Waals surface area contributed by atoms with Crippen LogP contribution in [-0.4, -0.2) is 9.97 Å². The predicted molar refractivity (Wildman–Crippen MR) is 79.9 cm³/mol. The minimum Gasteiger partial charge on any atom is -0.454 e. The number of halogens is 3. The van der Waals surface area contributed by atoms with Crippen molar-refractivity contribution in [3.8, 4) is 11.5 Å². The van der Waals surface area contributed by atoms with Crippen LogP contribution in [0.2, 0.25) is 0 Å². The van der Waals surface area contributed by atoms with Crippen LogP contribution in [0.15, 0.2) is 28.9 Å². The molecule has 1 aromatic heterocycles. The largest absolute Gasteiger partial charge is 0.454 e. The fourth-order valence-corrected chi connectivity index (χ4v) is 2.23. The Morgan fingerprint density at radius 3 is 2.70 bits per heavy atom. The maximum atomic E-state index is 13.3. The number of ether oxygens (including phenoxy) is 1. The Hall–Kier alpha value is -1.20. The molecule has 0 fully saturated rings. The molecule has 0 saturated carbocycles. The third-order valence-corrected chi connectivity index (χ3v) is 3.27. The van der Waals surface area contributed by atoms with E-state index in [-0.39, 0.29) is 17.6 Å². The van der Waals surface area contributed by atoms with Gasteiger partial charge in [0.25, 0.3) is 0 Å². The Morgan fingerprint density at radius 2 is 2.10 bits per heavy atom. The molecule has 6 heteroatoms. The number of alkyl halides is 1. The van der Waals surface area contributed by atoms with Gasteiger partial charge >= 0.3 is 0 Å². The van der Waals surface area contributed by atoms with E-state index in [4.69, 9.17) is 16.3 Å². The van der Waals surface area contributed by atoms with Crippen molar-refractivity contribution in [2.75, 3.05) is 0 Å². The highest BCUT2D eigenvalue weighted by Gasteiger charge is 2.11. The zero-order valence-corrected chi connectivity index (χ0v) is 13.4. The van der Waals surface area contributed by atoms with E-state index in [0.29, 0.717) is 27.5 Å². The maximum Gasteiger partial charge on any atom is 0.168 e. The molecule has 2 aromatic rings. The van der Waals surface area contributed by atoms with Gasteiger partial charge in [-0.15, -0.1) is 11.6 Å². The topological polar surface area (TPSA) is 35.0 Å². The number of rotatable bonds is 4. The van der Waals surface area contributed by atoms with Gasteiger partial charge in [0.05, 0.1) is 12.1 Å². The van der Waals surface area contributed by atoms with Gasteiger partial charge in [0.15, 0.2) is 5.75 Å². The smallest absolute Gasteiger partial charge is 0.168 e. The summed E-state index contributed by atoms with van der Waals surface area (Å²) in [5.41, 5.74) is 0.589. The summed E-state index contributed by atoms with van der Waals surface area (Å²) in [6.45, 7) is 4.00. The summed E-state index contributed by atoms with van der Waals surface area (Å²) in [7, 11) is 0. The normalized spacial score (nSPS) is 10.9. The minimum absolute atomic E-state index is 0.202. The molecule has 106 valence electrons. The molecule has 0 saturated heterocycles. The first-order chi connectivity index (χ1) is 9.49. The van der Waals surface area contributed by atoms with Gasteiger partial charge in [-0.3, -0.25) is 0 Å². The highest BCUT2D eigenvalue weighted by atomic mass is 79.9. The van der Waals surface area contributed by atoms with Gasteiger partial charge in [-0.2, -0.15) is 0 Å². The summed E-state index contributed by atoms with van der Waals surface area (Å²) in [6.07, 6.45) is 1.57. The second-order valence-corrected chi connectivity index (χ2v) is 5.72. The van der Waals surface area contributed by atoms with E-state index in [9.17, 15) is 4.39 Å². The van der Waals surface area contributed by atoms with Crippen molar-refractivity contribution in [1.29, 1.82) is 0 Å². The van der Waals surface area contributed by atoms with Gasteiger partial charge in [0.1, 0.15) is 23.1 Å². The SMILES string of the molecule is CC(C)c1ncc(Oc2cc(F)cc(Br)c2)c(CCl)n1. The highest BCUT2D eigenvalue weighted by molar-refractivity contribution is 9.10. The molecule has 0 unspecified atom stereocenters. The number of hydrogen-bond donors (Lipinski definition) is 0. The molecule has 1 heterocycles. The molecule has 0 N–H and O–H groups in total. The van der Waals surface area contributed by atoms with Crippen LogP contribution in [0.4, 0.5) is 4.39 Å². The quantitative estimate of drug-likeness (QED) is 0.718. The standard InChI is InChI=1S/C14H13BrClFN2O/c1-8(2)14-18-7-13(12(6-16)19-14)20-11-4-9(15)3-10(17)5-11/h3-5,7-8H,6H2,1-2H3.